The summed E-state index contributed by atoms with van der Waals surface area (Å²) >= 11 is 1.66. The predicted molar refractivity (Wildman–Crippen MR) is 87.1 cm³/mol. The average molecular weight is 327 g/mol. The molecule has 0 radical (unpaired) electrons. The molecule has 6 nitrogen and oxygen atoms in total. The first-order valence-corrected chi connectivity index (χ1v) is 8.41. The van der Waals surface area contributed by atoms with Gasteiger partial charge in [-0.25, -0.2) is 4.79 Å². The second-order valence-electron chi connectivity index (χ2n) is 5.71. The summed E-state index contributed by atoms with van der Waals surface area (Å²) in [7, 11) is 3.53. The Morgan fingerprint density at radius 1 is 1.41 bits per heavy atom. The second kappa shape index (κ2) is 8.47. The third-order valence-electron chi connectivity index (χ3n) is 3.63. The molecule has 7 heteroatoms. The Kier molecular flexibility index (Phi) is 6.63. The van der Waals surface area contributed by atoms with Crippen LogP contribution in [0.2, 0.25) is 0 Å². The molecule has 2 amide bonds. The van der Waals surface area contributed by atoms with Crippen LogP contribution in [-0.4, -0.2) is 85.4 Å². The van der Waals surface area contributed by atoms with Crippen molar-refractivity contribution in [3.05, 3.63) is 22.4 Å². The van der Waals surface area contributed by atoms with E-state index in [4.69, 9.17) is 4.74 Å². The van der Waals surface area contributed by atoms with Crippen LogP contribution in [0.25, 0.3) is 0 Å². The van der Waals surface area contributed by atoms with Gasteiger partial charge < -0.3 is 19.6 Å². The van der Waals surface area contributed by atoms with Crippen molar-refractivity contribution in [3.8, 4) is 0 Å². The third-order valence-corrected chi connectivity index (χ3v) is 4.48. The number of urea groups is 1. The molecular weight excluding hydrogens is 302 g/mol. The average Bonchev–Trinajstić information content (AvgIpc) is 3.00. The van der Waals surface area contributed by atoms with E-state index >= 15 is 0 Å². The van der Waals surface area contributed by atoms with Gasteiger partial charge in [-0.3, -0.25) is 4.90 Å². The number of carbonyl (C=O) groups is 1. The molecule has 0 bridgehead atoms. The van der Waals surface area contributed by atoms with Gasteiger partial charge >= 0.3 is 6.03 Å². The highest BCUT2D eigenvalue weighted by Crippen LogP contribution is 2.10. The van der Waals surface area contributed by atoms with Crippen LogP contribution in [0.4, 0.5) is 4.79 Å². The van der Waals surface area contributed by atoms with Crippen molar-refractivity contribution in [2.24, 2.45) is 0 Å². The molecule has 1 aliphatic heterocycles. The van der Waals surface area contributed by atoms with E-state index in [9.17, 15) is 9.90 Å². The Hall–Kier alpha value is -1.15. The van der Waals surface area contributed by atoms with E-state index in [1.54, 1.807) is 30.3 Å². The third kappa shape index (κ3) is 5.24. The number of ether oxygens (including phenoxy) is 1. The lowest BCUT2D eigenvalue weighted by molar-refractivity contribution is 0.00382. The zero-order valence-electron chi connectivity index (χ0n) is 13.3. The van der Waals surface area contributed by atoms with Gasteiger partial charge in [0.1, 0.15) is 0 Å². The zero-order valence-corrected chi connectivity index (χ0v) is 14.1. The predicted octanol–water partition coefficient (Wildman–Crippen LogP) is 0.925. The van der Waals surface area contributed by atoms with Gasteiger partial charge in [0.2, 0.25) is 0 Å². The number of aliphatic hydroxyl groups is 1. The largest absolute Gasteiger partial charge is 0.389 e. The van der Waals surface area contributed by atoms with Crippen molar-refractivity contribution in [3.63, 3.8) is 0 Å². The van der Waals surface area contributed by atoms with Gasteiger partial charge in [-0.15, -0.1) is 11.3 Å². The van der Waals surface area contributed by atoms with Crippen molar-refractivity contribution in [1.82, 2.24) is 14.7 Å². The normalized spacial score (nSPS) is 17.5. The van der Waals surface area contributed by atoms with Gasteiger partial charge in [-0.05, 0) is 11.4 Å². The van der Waals surface area contributed by atoms with E-state index in [1.807, 2.05) is 22.4 Å². The molecule has 1 N–H and O–H groups in total. The lowest BCUT2D eigenvalue weighted by atomic mass is 10.2. The van der Waals surface area contributed by atoms with Gasteiger partial charge in [0.15, 0.2) is 0 Å². The van der Waals surface area contributed by atoms with E-state index in [2.05, 4.69) is 4.90 Å². The number of nitrogens with zero attached hydrogens (tertiary/aromatic N) is 3. The van der Waals surface area contributed by atoms with E-state index in [1.165, 1.54) is 4.88 Å². The molecule has 1 fully saturated rings. The van der Waals surface area contributed by atoms with Crippen LogP contribution >= 0.6 is 11.3 Å². The van der Waals surface area contributed by atoms with E-state index in [0.717, 1.165) is 13.1 Å². The SMILES string of the molecule is CN(C)C(=O)N1CCN(CC(O)COCc2cccs2)CC1. The van der Waals surface area contributed by atoms with Crippen molar-refractivity contribution in [1.29, 1.82) is 0 Å². The maximum absolute atomic E-state index is 11.8. The summed E-state index contributed by atoms with van der Waals surface area (Å²) in [6.07, 6.45) is -0.490. The van der Waals surface area contributed by atoms with Crippen LogP contribution in [-0.2, 0) is 11.3 Å². The molecule has 1 atom stereocenters. The monoisotopic (exact) mass is 327 g/mol. The molecule has 0 aromatic carbocycles. The Bertz CT molecular complexity index is 445. The molecule has 1 aliphatic rings. The molecule has 0 saturated carbocycles. The van der Waals surface area contributed by atoms with Crippen LogP contribution in [0.1, 0.15) is 4.88 Å². The Balaban J connectivity index is 1.62. The quantitative estimate of drug-likeness (QED) is 0.844. The number of hydrogen-bond acceptors (Lipinski definition) is 5. The highest BCUT2D eigenvalue weighted by atomic mass is 32.1. The van der Waals surface area contributed by atoms with Gasteiger partial charge in [0, 0.05) is 51.7 Å². The van der Waals surface area contributed by atoms with E-state index < -0.39 is 6.10 Å². The minimum absolute atomic E-state index is 0.0551. The Morgan fingerprint density at radius 3 is 2.73 bits per heavy atom. The van der Waals surface area contributed by atoms with Gasteiger partial charge in [0.25, 0.3) is 0 Å². The number of amides is 2. The number of thiophene rings is 1. The number of rotatable bonds is 6. The molecular formula is C15H25N3O3S. The van der Waals surface area contributed by atoms with Crippen LogP contribution in [0, 0.1) is 0 Å². The summed E-state index contributed by atoms with van der Waals surface area (Å²) in [6.45, 7) is 4.49. The summed E-state index contributed by atoms with van der Waals surface area (Å²) < 4.78 is 5.53. The number of carbonyl (C=O) groups excluding carboxylic acids is 1. The van der Waals surface area contributed by atoms with Crippen molar-refractivity contribution in [2.75, 3.05) is 53.4 Å². The Labute approximate surface area is 135 Å². The first-order chi connectivity index (χ1) is 10.6. The second-order valence-corrected chi connectivity index (χ2v) is 6.75. The molecule has 1 aromatic heterocycles. The summed E-state index contributed by atoms with van der Waals surface area (Å²) in [5.41, 5.74) is 0. The molecule has 2 rings (SSSR count). The highest BCUT2D eigenvalue weighted by Gasteiger charge is 2.23. The standard InChI is InChI=1S/C15H25N3O3S/c1-16(2)15(20)18-7-5-17(6-8-18)10-13(19)11-21-12-14-4-3-9-22-14/h3-4,9,13,19H,5-8,10-12H2,1-2H3. The summed E-state index contributed by atoms with van der Waals surface area (Å²) in [5, 5.41) is 12.1. The molecule has 0 aliphatic carbocycles. The zero-order chi connectivity index (χ0) is 15.9. The fourth-order valence-electron chi connectivity index (χ4n) is 2.45. The summed E-state index contributed by atoms with van der Waals surface area (Å²) in [6, 6.07) is 4.08. The van der Waals surface area contributed by atoms with Gasteiger partial charge in [-0.2, -0.15) is 0 Å². The van der Waals surface area contributed by atoms with Gasteiger partial charge in [0.05, 0.1) is 19.3 Å². The first-order valence-electron chi connectivity index (χ1n) is 7.53. The lowest BCUT2D eigenvalue weighted by Gasteiger charge is -2.36. The number of hydrogen-bond donors (Lipinski definition) is 1. The highest BCUT2D eigenvalue weighted by molar-refractivity contribution is 7.09. The van der Waals surface area contributed by atoms with Crippen LogP contribution in [0.3, 0.4) is 0 Å². The maximum atomic E-state index is 11.8. The topological polar surface area (TPSA) is 56.3 Å². The lowest BCUT2D eigenvalue weighted by Crippen LogP contribution is -2.53. The number of β-amino-alcohol motifs (C(OH)–C–C–N with tert-alkyl or cyclic N) is 1. The van der Waals surface area contributed by atoms with Crippen LogP contribution in [0.5, 0.6) is 0 Å². The van der Waals surface area contributed by atoms with Crippen LogP contribution < -0.4 is 0 Å². The molecule has 0 spiro atoms. The fourth-order valence-corrected chi connectivity index (χ4v) is 3.09. The molecule has 124 valence electrons. The molecule has 22 heavy (non-hydrogen) atoms. The number of piperazine rings is 1. The van der Waals surface area contributed by atoms with Crippen LogP contribution in [0.15, 0.2) is 17.5 Å². The molecule has 1 unspecified atom stereocenters. The smallest absolute Gasteiger partial charge is 0.319 e. The first kappa shape index (κ1) is 17.2. The van der Waals surface area contributed by atoms with Crippen molar-refractivity contribution >= 4 is 17.4 Å². The van der Waals surface area contributed by atoms with Crippen molar-refractivity contribution < 1.29 is 14.6 Å². The molecule has 1 saturated heterocycles. The van der Waals surface area contributed by atoms with E-state index in [0.29, 0.717) is 32.8 Å². The number of aliphatic hydroxyl groups excluding tert-OH is 1. The van der Waals surface area contributed by atoms with E-state index in [-0.39, 0.29) is 6.03 Å². The molecule has 1 aromatic rings. The summed E-state index contributed by atoms with van der Waals surface area (Å²) in [4.78, 5) is 18.6. The molecule has 2 heterocycles. The fraction of sp³-hybridized carbons (Fsp3) is 0.667. The Morgan fingerprint density at radius 2 is 2.14 bits per heavy atom. The minimum Gasteiger partial charge on any atom is -0.389 e. The maximum Gasteiger partial charge on any atom is 0.319 e. The summed E-state index contributed by atoms with van der Waals surface area (Å²) in [5.74, 6) is 0. The minimum atomic E-state index is -0.490. The van der Waals surface area contributed by atoms with Gasteiger partial charge in [-0.1, -0.05) is 6.07 Å². The van der Waals surface area contributed by atoms with Crippen molar-refractivity contribution in [2.45, 2.75) is 12.7 Å².